The Morgan fingerprint density at radius 2 is 1.80 bits per heavy atom. The summed E-state index contributed by atoms with van der Waals surface area (Å²) in [6.07, 6.45) is 5.47. The molecule has 2 N–H and O–H groups in total. The Hall–Kier alpha value is -4.39. The Labute approximate surface area is 229 Å². The second-order valence-electron chi connectivity index (χ2n) is 9.89. The van der Waals surface area contributed by atoms with Gasteiger partial charge in [-0.1, -0.05) is 0 Å². The van der Waals surface area contributed by atoms with E-state index in [4.69, 9.17) is 9.47 Å². The van der Waals surface area contributed by atoms with Crippen LogP contribution in [0.2, 0.25) is 0 Å². The fourth-order valence-electron chi connectivity index (χ4n) is 4.98. The second-order valence-corrected chi connectivity index (χ2v) is 9.89. The molecular weight excluding hydrogens is 518 g/mol. The van der Waals surface area contributed by atoms with Crippen LogP contribution >= 0.6 is 0 Å². The van der Waals surface area contributed by atoms with Gasteiger partial charge in [-0.05, 0) is 37.8 Å². The summed E-state index contributed by atoms with van der Waals surface area (Å²) in [5, 5.41) is 5.75. The Morgan fingerprint density at radius 3 is 2.50 bits per heavy atom. The highest BCUT2D eigenvalue weighted by Crippen LogP contribution is 2.33. The van der Waals surface area contributed by atoms with Crippen molar-refractivity contribution in [1.29, 1.82) is 0 Å². The molecule has 1 aliphatic heterocycles. The predicted octanol–water partition coefficient (Wildman–Crippen LogP) is 1.76. The summed E-state index contributed by atoms with van der Waals surface area (Å²) in [4.78, 5) is 63.5. The van der Waals surface area contributed by atoms with E-state index >= 15 is 0 Å². The van der Waals surface area contributed by atoms with Crippen LogP contribution in [0.4, 0.5) is 11.6 Å². The van der Waals surface area contributed by atoms with Gasteiger partial charge in [0.2, 0.25) is 17.8 Å². The average Bonchev–Trinajstić information content (AvgIpc) is 2.94. The third kappa shape index (κ3) is 6.09. The zero-order valence-corrected chi connectivity index (χ0v) is 22.4. The van der Waals surface area contributed by atoms with E-state index in [9.17, 15) is 19.2 Å². The van der Waals surface area contributed by atoms with Crippen LogP contribution in [-0.2, 0) is 9.53 Å². The molecule has 0 radical (unpaired) electrons. The summed E-state index contributed by atoms with van der Waals surface area (Å²) in [7, 11) is 0. The first-order chi connectivity index (χ1) is 19.3. The van der Waals surface area contributed by atoms with Gasteiger partial charge < -0.3 is 19.7 Å². The molecule has 5 rings (SSSR count). The van der Waals surface area contributed by atoms with E-state index in [0.29, 0.717) is 56.4 Å². The number of imide groups is 1. The van der Waals surface area contributed by atoms with Gasteiger partial charge in [0.1, 0.15) is 23.2 Å². The molecule has 0 atom stereocenters. The molecule has 2 amide bonds. The fourth-order valence-corrected chi connectivity index (χ4v) is 4.98. The fraction of sp³-hybridized carbons (Fsp3) is 0.444. The zero-order chi connectivity index (χ0) is 28.2. The van der Waals surface area contributed by atoms with Crippen molar-refractivity contribution in [2.24, 2.45) is 0 Å². The van der Waals surface area contributed by atoms with E-state index in [2.05, 4.69) is 30.5 Å². The van der Waals surface area contributed by atoms with Crippen LogP contribution in [-0.4, -0.2) is 75.7 Å². The number of amides is 2. The van der Waals surface area contributed by atoms with Gasteiger partial charge in [-0.15, -0.1) is 0 Å². The van der Waals surface area contributed by atoms with Crippen LogP contribution in [0.15, 0.2) is 35.5 Å². The van der Waals surface area contributed by atoms with E-state index in [1.807, 2.05) is 12.1 Å². The maximum absolute atomic E-state index is 13.2. The molecule has 40 heavy (non-hydrogen) atoms. The lowest BCUT2D eigenvalue weighted by Gasteiger charge is -2.31. The number of nitrogens with one attached hydrogen (secondary N) is 2. The molecule has 0 bridgehead atoms. The molecule has 0 spiro atoms. The summed E-state index contributed by atoms with van der Waals surface area (Å²) in [5.74, 6) is -0.744. The highest BCUT2D eigenvalue weighted by Gasteiger charge is 2.26. The highest BCUT2D eigenvalue weighted by atomic mass is 16.5. The second kappa shape index (κ2) is 11.8. The Balaban J connectivity index is 1.31. The number of carbonyl (C=O) groups excluding carboxylic acids is 3. The number of anilines is 2. The van der Waals surface area contributed by atoms with Crippen molar-refractivity contribution in [1.82, 2.24) is 24.8 Å². The Morgan fingerprint density at radius 1 is 1.05 bits per heavy atom. The van der Waals surface area contributed by atoms with Crippen molar-refractivity contribution in [2.75, 3.05) is 36.5 Å². The molecule has 1 aliphatic carbocycles. The summed E-state index contributed by atoms with van der Waals surface area (Å²) < 4.78 is 12.9. The molecular formula is C27H31N7O6. The van der Waals surface area contributed by atoms with Crippen molar-refractivity contribution in [3.63, 3.8) is 0 Å². The highest BCUT2D eigenvalue weighted by molar-refractivity contribution is 6.02. The van der Waals surface area contributed by atoms with Crippen molar-refractivity contribution in [3.05, 3.63) is 46.8 Å². The third-order valence-electron chi connectivity index (χ3n) is 7.01. The number of hydrogen-bond donors (Lipinski definition) is 2. The van der Waals surface area contributed by atoms with Crippen molar-refractivity contribution < 1.29 is 23.9 Å². The first kappa shape index (κ1) is 27.2. The maximum atomic E-state index is 13.2. The van der Waals surface area contributed by atoms with Crippen molar-refractivity contribution in [2.45, 2.75) is 51.7 Å². The molecule has 0 unspecified atom stereocenters. The van der Waals surface area contributed by atoms with Gasteiger partial charge in [0.05, 0.1) is 24.8 Å². The molecule has 13 heteroatoms. The van der Waals surface area contributed by atoms with Crippen molar-refractivity contribution in [3.8, 4) is 5.75 Å². The van der Waals surface area contributed by atoms with Crippen molar-refractivity contribution >= 4 is 40.3 Å². The quantitative estimate of drug-likeness (QED) is 0.462. The number of hydrogen-bond acceptors (Lipinski definition) is 11. The van der Waals surface area contributed by atoms with Crippen LogP contribution in [0.25, 0.3) is 10.9 Å². The minimum absolute atomic E-state index is 0.0546. The summed E-state index contributed by atoms with van der Waals surface area (Å²) >= 11 is 0. The summed E-state index contributed by atoms with van der Waals surface area (Å²) in [6, 6.07) is 5.21. The van der Waals surface area contributed by atoms with Crippen LogP contribution in [0.3, 0.4) is 0 Å². The molecule has 3 heterocycles. The number of ether oxygens (including phenoxy) is 2. The van der Waals surface area contributed by atoms with Crippen LogP contribution < -0.4 is 25.8 Å². The van der Waals surface area contributed by atoms with Crippen LogP contribution in [0.1, 0.15) is 54.8 Å². The predicted molar refractivity (Wildman–Crippen MR) is 146 cm³/mol. The Kier molecular flexibility index (Phi) is 8.01. The number of morpholine rings is 1. The van der Waals surface area contributed by atoms with E-state index in [-0.39, 0.29) is 23.2 Å². The molecule has 2 fully saturated rings. The molecule has 3 aromatic rings. The largest absolute Gasteiger partial charge is 0.489 e. The van der Waals surface area contributed by atoms with Gasteiger partial charge in [-0.2, -0.15) is 0 Å². The number of nitrogens with zero attached hydrogens (tertiary/aromatic N) is 5. The lowest BCUT2D eigenvalue weighted by atomic mass is 9.93. The monoisotopic (exact) mass is 549 g/mol. The molecule has 1 aromatic carbocycles. The number of fused-ring (bicyclic) bond motifs is 1. The molecule has 210 valence electrons. The van der Waals surface area contributed by atoms with Crippen LogP contribution in [0, 0.1) is 0 Å². The lowest BCUT2D eigenvalue weighted by molar-refractivity contribution is -0.118. The lowest BCUT2D eigenvalue weighted by Crippen LogP contribution is -2.36. The van der Waals surface area contributed by atoms with E-state index in [1.54, 1.807) is 0 Å². The zero-order valence-electron chi connectivity index (χ0n) is 22.4. The van der Waals surface area contributed by atoms with Gasteiger partial charge in [-0.3, -0.25) is 24.5 Å². The molecule has 1 saturated heterocycles. The number of aromatic nitrogens is 4. The maximum Gasteiger partial charge on any atom is 0.276 e. The average molecular weight is 550 g/mol. The van der Waals surface area contributed by atoms with Gasteiger partial charge in [0.25, 0.3) is 11.5 Å². The van der Waals surface area contributed by atoms with E-state index < -0.39 is 23.3 Å². The SMILES string of the molecule is CC(=O)NC(=O)c1ccnc(N[C@H]2CC[C@@H](Oc3cc(N4CCOCC4)cc4ncn(C(C)=O)c(=O)c34)CC2)n1. The Bertz CT molecular complexity index is 1490. The minimum atomic E-state index is -0.583. The standard InChI is InChI=1S/C27H31N7O6/c1-16(35)30-25(37)21-7-8-28-27(32-21)31-18-3-5-20(6-4-18)40-23-14-19(33-9-11-39-12-10-33)13-22-24(23)26(38)34(15-29-22)17(2)36/h7-8,13-15,18,20H,3-6,9-12H2,1-2H3,(H,28,31,32)(H,30,35,37)/t18-,20+. The third-order valence-corrected chi connectivity index (χ3v) is 7.01. The normalized spacial score (nSPS) is 19.2. The summed E-state index contributed by atoms with van der Waals surface area (Å²) in [6.45, 7) is 5.23. The minimum Gasteiger partial charge on any atom is -0.489 e. The smallest absolute Gasteiger partial charge is 0.276 e. The first-order valence-electron chi connectivity index (χ1n) is 13.3. The first-order valence-corrected chi connectivity index (χ1v) is 13.3. The molecule has 13 nitrogen and oxygen atoms in total. The van der Waals surface area contributed by atoms with Crippen LogP contribution in [0.5, 0.6) is 5.75 Å². The van der Waals surface area contributed by atoms with E-state index in [1.165, 1.54) is 32.4 Å². The molecule has 1 saturated carbocycles. The topological polar surface area (TPSA) is 158 Å². The molecule has 2 aliphatic rings. The number of benzene rings is 1. The molecule has 2 aromatic heterocycles. The number of rotatable bonds is 6. The van der Waals surface area contributed by atoms with Gasteiger partial charge in [0.15, 0.2) is 0 Å². The van der Waals surface area contributed by atoms with Gasteiger partial charge in [-0.25, -0.2) is 19.5 Å². The number of carbonyl (C=O) groups is 3. The van der Waals surface area contributed by atoms with Gasteiger partial charge in [0, 0.05) is 50.9 Å². The summed E-state index contributed by atoms with van der Waals surface area (Å²) in [5.41, 5.74) is 1.01. The van der Waals surface area contributed by atoms with Gasteiger partial charge >= 0.3 is 0 Å². The van der Waals surface area contributed by atoms with E-state index in [0.717, 1.165) is 23.1 Å².